The van der Waals surface area contributed by atoms with E-state index in [1.807, 2.05) is 58.0 Å². The van der Waals surface area contributed by atoms with Gasteiger partial charge in [0.05, 0.1) is 0 Å². The second kappa shape index (κ2) is 6.28. The highest BCUT2D eigenvalue weighted by Gasteiger charge is 2.62. The van der Waals surface area contributed by atoms with Crippen molar-refractivity contribution >= 4 is 5.91 Å². The highest BCUT2D eigenvalue weighted by Crippen LogP contribution is 2.44. The van der Waals surface area contributed by atoms with Crippen molar-refractivity contribution in [2.75, 3.05) is 0 Å². The fourth-order valence-electron chi connectivity index (χ4n) is 3.71. The van der Waals surface area contributed by atoms with Gasteiger partial charge in [0.15, 0.2) is 24.0 Å². The first-order valence-electron chi connectivity index (χ1n) is 8.92. The number of hydrogen-bond acceptors (Lipinski definition) is 6. The third kappa shape index (κ3) is 3.37. The molecule has 0 spiro atoms. The van der Waals surface area contributed by atoms with Crippen LogP contribution in [0, 0.1) is 0 Å². The number of hydrogen-bond donors (Lipinski definition) is 1. The number of ether oxygens (including phenoxy) is 5. The Morgan fingerprint density at radius 3 is 2.27 bits per heavy atom. The lowest BCUT2D eigenvalue weighted by Crippen LogP contribution is -2.59. The van der Waals surface area contributed by atoms with Gasteiger partial charge in [0.1, 0.15) is 18.3 Å². The van der Waals surface area contributed by atoms with E-state index in [-0.39, 0.29) is 5.91 Å². The number of amides is 1. The molecule has 3 aliphatic rings. The normalized spacial score (nSPS) is 37.0. The molecule has 1 aromatic carbocycles. The van der Waals surface area contributed by atoms with Gasteiger partial charge in [0.25, 0.3) is 5.91 Å². The number of nitrogens with one attached hydrogen (secondary N) is 1. The quantitative estimate of drug-likeness (QED) is 0.881. The lowest BCUT2D eigenvalue weighted by molar-refractivity contribution is -0.231. The van der Waals surface area contributed by atoms with E-state index in [1.165, 1.54) is 0 Å². The molecular formula is C19H25NO6. The van der Waals surface area contributed by atoms with E-state index in [9.17, 15) is 4.79 Å². The van der Waals surface area contributed by atoms with E-state index < -0.39 is 42.3 Å². The molecule has 0 unspecified atom stereocenters. The zero-order valence-corrected chi connectivity index (χ0v) is 15.4. The molecule has 7 heteroatoms. The zero-order valence-electron chi connectivity index (χ0n) is 15.4. The summed E-state index contributed by atoms with van der Waals surface area (Å²) in [5.74, 6) is -1.87. The molecule has 0 aromatic heterocycles. The topological polar surface area (TPSA) is 75.3 Å². The Bertz CT molecular complexity index is 676. The van der Waals surface area contributed by atoms with Crippen LogP contribution in [0.4, 0.5) is 0 Å². The van der Waals surface area contributed by atoms with Crippen molar-refractivity contribution in [2.24, 2.45) is 0 Å². The van der Waals surface area contributed by atoms with Crippen LogP contribution in [-0.2, 0) is 35.0 Å². The van der Waals surface area contributed by atoms with Crippen molar-refractivity contribution < 1.29 is 28.5 Å². The molecule has 3 fully saturated rings. The highest BCUT2D eigenvalue weighted by atomic mass is 16.9. The summed E-state index contributed by atoms with van der Waals surface area (Å²) >= 11 is 0. The van der Waals surface area contributed by atoms with E-state index in [0.717, 1.165) is 5.56 Å². The van der Waals surface area contributed by atoms with Gasteiger partial charge >= 0.3 is 0 Å². The van der Waals surface area contributed by atoms with E-state index >= 15 is 0 Å². The van der Waals surface area contributed by atoms with Crippen LogP contribution in [0.25, 0.3) is 0 Å². The molecule has 0 radical (unpaired) electrons. The van der Waals surface area contributed by atoms with Crippen LogP contribution >= 0.6 is 0 Å². The SMILES string of the molecule is CC1(C)O[C@H]2[C@@H](O1)[C@H](C(=O)NCc1ccccc1)O[C@H]1OC(C)(C)O[C@@H]12. The average molecular weight is 363 g/mol. The first-order valence-corrected chi connectivity index (χ1v) is 8.92. The Kier molecular flexibility index (Phi) is 4.32. The van der Waals surface area contributed by atoms with Crippen molar-refractivity contribution in [3.63, 3.8) is 0 Å². The Balaban J connectivity index is 1.51. The minimum atomic E-state index is -0.829. The predicted molar refractivity (Wildman–Crippen MR) is 90.8 cm³/mol. The summed E-state index contributed by atoms with van der Waals surface area (Å²) in [5, 5.41) is 2.91. The summed E-state index contributed by atoms with van der Waals surface area (Å²) < 4.78 is 29.7. The van der Waals surface area contributed by atoms with Crippen LogP contribution in [0.15, 0.2) is 30.3 Å². The lowest BCUT2D eigenvalue weighted by Gasteiger charge is -2.36. The average Bonchev–Trinajstić information content (AvgIpc) is 3.06. The van der Waals surface area contributed by atoms with Crippen molar-refractivity contribution in [1.29, 1.82) is 0 Å². The molecule has 3 heterocycles. The summed E-state index contributed by atoms with van der Waals surface area (Å²) in [5.41, 5.74) is 1.01. The maximum absolute atomic E-state index is 12.8. The molecular weight excluding hydrogens is 338 g/mol. The molecule has 0 saturated carbocycles. The fourth-order valence-corrected chi connectivity index (χ4v) is 3.71. The summed E-state index contributed by atoms with van der Waals surface area (Å²) in [6.45, 7) is 7.68. The Hall–Kier alpha value is -1.51. The van der Waals surface area contributed by atoms with Gasteiger partial charge in [-0.05, 0) is 33.3 Å². The van der Waals surface area contributed by atoms with E-state index in [0.29, 0.717) is 6.54 Å². The van der Waals surface area contributed by atoms with Gasteiger partial charge in [-0.1, -0.05) is 30.3 Å². The van der Waals surface area contributed by atoms with Gasteiger partial charge in [-0.3, -0.25) is 4.79 Å². The summed E-state index contributed by atoms with van der Waals surface area (Å²) in [7, 11) is 0. The second-order valence-electron chi connectivity index (χ2n) is 7.79. The Morgan fingerprint density at radius 1 is 0.923 bits per heavy atom. The number of carbonyl (C=O) groups is 1. The molecule has 0 aliphatic carbocycles. The summed E-state index contributed by atoms with van der Waals surface area (Å²) in [4.78, 5) is 12.8. The molecule has 3 aliphatic heterocycles. The number of rotatable bonds is 3. The number of benzene rings is 1. The van der Waals surface area contributed by atoms with E-state index in [2.05, 4.69) is 5.32 Å². The van der Waals surface area contributed by atoms with E-state index in [1.54, 1.807) is 0 Å². The largest absolute Gasteiger partial charge is 0.350 e. The van der Waals surface area contributed by atoms with Gasteiger partial charge in [-0.2, -0.15) is 0 Å². The van der Waals surface area contributed by atoms with Gasteiger partial charge in [-0.15, -0.1) is 0 Å². The van der Waals surface area contributed by atoms with Gasteiger partial charge in [-0.25, -0.2) is 0 Å². The van der Waals surface area contributed by atoms with Crippen molar-refractivity contribution in [1.82, 2.24) is 5.32 Å². The van der Waals surface area contributed by atoms with Gasteiger partial charge in [0, 0.05) is 6.54 Å². The standard InChI is InChI=1S/C19H25NO6/c1-18(2)23-12-13(24-18)15-17(26-19(3,4)25-15)22-14(12)16(21)20-10-11-8-6-5-7-9-11/h5-9,12-15,17H,10H2,1-4H3,(H,20,21)/t12-,13+,14-,15-,17+/m1/s1. The first-order chi connectivity index (χ1) is 12.2. The lowest BCUT2D eigenvalue weighted by atomic mass is 9.98. The molecule has 26 heavy (non-hydrogen) atoms. The fraction of sp³-hybridized carbons (Fsp3) is 0.632. The maximum atomic E-state index is 12.8. The molecule has 142 valence electrons. The van der Waals surface area contributed by atoms with Crippen molar-refractivity contribution in [3.05, 3.63) is 35.9 Å². The minimum absolute atomic E-state index is 0.253. The third-order valence-electron chi connectivity index (χ3n) is 4.72. The summed E-state index contributed by atoms with van der Waals surface area (Å²) in [6.07, 6.45) is -2.92. The Morgan fingerprint density at radius 2 is 1.54 bits per heavy atom. The summed E-state index contributed by atoms with van der Waals surface area (Å²) in [6, 6.07) is 9.71. The molecule has 4 rings (SSSR count). The molecule has 0 bridgehead atoms. The van der Waals surface area contributed by atoms with Crippen LogP contribution in [0.5, 0.6) is 0 Å². The number of fused-ring (bicyclic) bond motifs is 3. The van der Waals surface area contributed by atoms with Crippen molar-refractivity contribution in [2.45, 2.75) is 76.5 Å². The van der Waals surface area contributed by atoms with Crippen LogP contribution < -0.4 is 5.32 Å². The zero-order chi connectivity index (χ0) is 18.5. The highest BCUT2D eigenvalue weighted by molar-refractivity contribution is 5.81. The van der Waals surface area contributed by atoms with Crippen molar-refractivity contribution in [3.8, 4) is 0 Å². The maximum Gasteiger partial charge on any atom is 0.252 e. The predicted octanol–water partition coefficient (Wildman–Crippen LogP) is 1.70. The molecule has 1 amide bonds. The minimum Gasteiger partial charge on any atom is -0.350 e. The molecule has 5 atom stereocenters. The van der Waals surface area contributed by atoms with Gasteiger partial charge in [0.2, 0.25) is 0 Å². The number of carbonyl (C=O) groups excluding carboxylic acids is 1. The first kappa shape index (κ1) is 17.9. The van der Waals surface area contributed by atoms with Crippen LogP contribution in [0.3, 0.4) is 0 Å². The van der Waals surface area contributed by atoms with Crippen LogP contribution in [0.1, 0.15) is 33.3 Å². The third-order valence-corrected chi connectivity index (χ3v) is 4.72. The van der Waals surface area contributed by atoms with Crippen LogP contribution in [-0.4, -0.2) is 48.2 Å². The molecule has 1 aromatic rings. The van der Waals surface area contributed by atoms with Crippen LogP contribution in [0.2, 0.25) is 0 Å². The Labute approximate surface area is 152 Å². The second-order valence-corrected chi connectivity index (χ2v) is 7.79. The van der Waals surface area contributed by atoms with Gasteiger partial charge < -0.3 is 29.0 Å². The molecule has 7 nitrogen and oxygen atoms in total. The smallest absolute Gasteiger partial charge is 0.252 e. The monoisotopic (exact) mass is 363 g/mol. The molecule has 3 saturated heterocycles. The molecule has 1 N–H and O–H groups in total. The van der Waals surface area contributed by atoms with E-state index in [4.69, 9.17) is 23.7 Å².